The Morgan fingerprint density at radius 1 is 0.738 bits per heavy atom. The number of carbonyl (C=O) groups is 1. The predicted molar refractivity (Wildman–Crippen MR) is 170 cm³/mol. The molecule has 1 amide bonds. The summed E-state index contributed by atoms with van der Waals surface area (Å²) in [6.45, 7) is 6.77. The summed E-state index contributed by atoms with van der Waals surface area (Å²) in [6.07, 6.45) is 2.37. The van der Waals surface area contributed by atoms with E-state index in [-0.39, 0.29) is 5.69 Å². The van der Waals surface area contributed by atoms with Gasteiger partial charge in [-0.15, -0.1) is 0 Å². The van der Waals surface area contributed by atoms with E-state index in [4.69, 9.17) is 15.7 Å². The van der Waals surface area contributed by atoms with Crippen LogP contribution < -0.4 is 21.3 Å². The van der Waals surface area contributed by atoms with Gasteiger partial charge in [0, 0.05) is 67.9 Å². The Hall–Kier alpha value is -4.47. The van der Waals surface area contributed by atoms with E-state index in [1.54, 1.807) is 0 Å². The number of likely N-dealkylation sites (N-methyl/N-ethyl adjacent to an activating group) is 1. The summed E-state index contributed by atoms with van der Waals surface area (Å²) in [5.41, 5.74) is 10.1. The van der Waals surface area contributed by atoms with Gasteiger partial charge in [-0.25, -0.2) is 9.97 Å². The van der Waals surface area contributed by atoms with Gasteiger partial charge < -0.3 is 26.2 Å². The number of nitrogens with zero attached hydrogens (tertiary/aromatic N) is 5. The van der Waals surface area contributed by atoms with Crippen LogP contribution in [0.3, 0.4) is 0 Å². The first-order valence-electron chi connectivity index (χ1n) is 14.7. The van der Waals surface area contributed by atoms with Crippen molar-refractivity contribution in [3.05, 3.63) is 90.6 Å². The van der Waals surface area contributed by atoms with Crippen molar-refractivity contribution in [2.45, 2.75) is 18.9 Å². The molecule has 1 aromatic heterocycles. The van der Waals surface area contributed by atoms with Gasteiger partial charge >= 0.3 is 0 Å². The molecule has 3 heterocycles. The average molecular weight is 563 g/mol. The van der Waals surface area contributed by atoms with Gasteiger partial charge in [-0.05, 0) is 56.3 Å². The Kier molecular flexibility index (Phi) is 8.30. The van der Waals surface area contributed by atoms with Crippen molar-refractivity contribution < 1.29 is 4.79 Å². The van der Waals surface area contributed by atoms with Crippen molar-refractivity contribution in [2.75, 3.05) is 61.8 Å². The van der Waals surface area contributed by atoms with Crippen LogP contribution in [0.1, 0.15) is 23.3 Å². The molecule has 0 saturated carbocycles. The Bertz CT molecular complexity index is 1480. The van der Waals surface area contributed by atoms with Crippen molar-refractivity contribution in [1.29, 1.82) is 0 Å². The first-order chi connectivity index (χ1) is 20.5. The average Bonchev–Trinajstić information content (AvgIpc) is 3.03. The number of carbonyl (C=O) groups excluding carboxylic acids is 1. The Morgan fingerprint density at radius 2 is 1.33 bits per heavy atom. The standard InChI is InChI=1S/C33H38N8O/c1-39-20-22-41(23-21-39)28-16-18-40(19-17-28)27-14-12-26(13-15-27)36-33-30(31(34)42)37-29(24-8-4-2-5-9-24)32(38-33)35-25-10-6-3-7-11-25/h2-15,28H,16-23H2,1H3,(H2,34,42)(H2,35,36,38). The summed E-state index contributed by atoms with van der Waals surface area (Å²) in [5.74, 6) is 0.189. The molecule has 6 rings (SSSR count). The normalized spacial score (nSPS) is 16.7. The maximum absolute atomic E-state index is 12.5. The van der Waals surface area contributed by atoms with Gasteiger partial charge in [-0.1, -0.05) is 48.5 Å². The number of piperidine rings is 1. The fraction of sp³-hybridized carbons (Fsp3) is 0.303. The highest BCUT2D eigenvalue weighted by molar-refractivity contribution is 5.98. The third kappa shape index (κ3) is 6.37. The lowest BCUT2D eigenvalue weighted by Crippen LogP contribution is -2.52. The molecule has 2 fully saturated rings. The molecule has 9 heteroatoms. The van der Waals surface area contributed by atoms with Crippen LogP contribution in [-0.4, -0.2) is 78.0 Å². The fourth-order valence-corrected chi connectivity index (χ4v) is 5.81. The summed E-state index contributed by atoms with van der Waals surface area (Å²) in [5, 5.41) is 6.67. The van der Waals surface area contributed by atoms with Gasteiger partial charge in [0.2, 0.25) is 0 Å². The highest BCUT2D eigenvalue weighted by Crippen LogP contribution is 2.32. The molecule has 42 heavy (non-hydrogen) atoms. The molecule has 4 aromatic rings. The van der Waals surface area contributed by atoms with Gasteiger partial charge in [0.25, 0.3) is 5.91 Å². The van der Waals surface area contributed by atoms with Gasteiger partial charge in [0.15, 0.2) is 17.3 Å². The van der Waals surface area contributed by atoms with Crippen molar-refractivity contribution in [3.8, 4) is 11.3 Å². The van der Waals surface area contributed by atoms with E-state index in [1.807, 2.05) is 72.8 Å². The first-order valence-corrected chi connectivity index (χ1v) is 14.7. The largest absolute Gasteiger partial charge is 0.371 e. The Labute approximate surface area is 247 Å². The zero-order valence-corrected chi connectivity index (χ0v) is 24.0. The van der Waals surface area contributed by atoms with Crippen molar-refractivity contribution in [3.63, 3.8) is 0 Å². The zero-order valence-electron chi connectivity index (χ0n) is 24.0. The Morgan fingerprint density at radius 3 is 1.98 bits per heavy atom. The summed E-state index contributed by atoms with van der Waals surface area (Å²) >= 11 is 0. The van der Waals surface area contributed by atoms with Crippen LogP contribution in [0.15, 0.2) is 84.9 Å². The smallest absolute Gasteiger partial charge is 0.271 e. The predicted octanol–water partition coefficient (Wildman–Crippen LogP) is 4.95. The lowest BCUT2D eigenvalue weighted by atomic mass is 10.0. The number of piperazine rings is 1. The molecule has 0 unspecified atom stereocenters. The number of hydrogen-bond donors (Lipinski definition) is 3. The lowest BCUT2D eigenvalue weighted by Gasteiger charge is -2.42. The number of hydrogen-bond acceptors (Lipinski definition) is 8. The molecule has 3 aromatic carbocycles. The molecule has 0 radical (unpaired) electrons. The third-order valence-corrected chi connectivity index (χ3v) is 8.23. The number of benzene rings is 3. The molecule has 4 N–H and O–H groups in total. The fourth-order valence-electron chi connectivity index (χ4n) is 5.81. The summed E-state index contributed by atoms with van der Waals surface area (Å²) < 4.78 is 0. The maximum atomic E-state index is 12.5. The SMILES string of the molecule is CN1CCN(C2CCN(c3ccc(Nc4nc(Nc5ccccc5)c(-c5ccccc5)nc4C(N)=O)cc3)CC2)CC1. The molecule has 9 nitrogen and oxygen atoms in total. The number of para-hydroxylation sites is 1. The topological polar surface area (TPSA) is 103 Å². The molecule has 0 aliphatic carbocycles. The Balaban J connectivity index is 1.20. The number of amides is 1. The zero-order chi connectivity index (χ0) is 28.9. The number of aromatic nitrogens is 2. The quantitative estimate of drug-likeness (QED) is 0.277. The summed E-state index contributed by atoms with van der Waals surface area (Å²) in [6, 6.07) is 28.4. The van der Waals surface area contributed by atoms with Crippen LogP contribution in [0, 0.1) is 0 Å². The van der Waals surface area contributed by atoms with Gasteiger partial charge in [-0.2, -0.15) is 0 Å². The number of primary amides is 1. The second-order valence-electron chi connectivity index (χ2n) is 11.1. The molecule has 0 spiro atoms. The lowest BCUT2D eigenvalue weighted by molar-refractivity contribution is 0.0982. The van der Waals surface area contributed by atoms with Crippen LogP contribution in [0.2, 0.25) is 0 Å². The van der Waals surface area contributed by atoms with Crippen LogP contribution in [-0.2, 0) is 0 Å². The van der Waals surface area contributed by atoms with E-state index in [1.165, 1.54) is 31.6 Å². The van der Waals surface area contributed by atoms with E-state index in [2.05, 4.69) is 44.5 Å². The first kappa shape index (κ1) is 27.7. The number of rotatable bonds is 8. The second-order valence-corrected chi connectivity index (χ2v) is 11.1. The minimum Gasteiger partial charge on any atom is -0.371 e. The van der Waals surface area contributed by atoms with E-state index in [9.17, 15) is 4.79 Å². The van der Waals surface area contributed by atoms with Crippen LogP contribution in [0.25, 0.3) is 11.3 Å². The van der Waals surface area contributed by atoms with Gasteiger partial charge in [0.05, 0.1) is 0 Å². The minimum absolute atomic E-state index is 0.0857. The number of anilines is 5. The van der Waals surface area contributed by atoms with E-state index in [0.29, 0.717) is 23.4 Å². The summed E-state index contributed by atoms with van der Waals surface area (Å²) in [7, 11) is 2.21. The second kappa shape index (κ2) is 12.6. The van der Waals surface area contributed by atoms with Crippen molar-refractivity contribution in [2.24, 2.45) is 5.73 Å². The number of nitrogens with two attached hydrogens (primary N) is 1. The van der Waals surface area contributed by atoms with Crippen molar-refractivity contribution >= 4 is 34.6 Å². The molecule has 0 atom stereocenters. The van der Waals surface area contributed by atoms with Gasteiger partial charge in [-0.3, -0.25) is 9.69 Å². The molecule has 2 aliphatic heterocycles. The maximum Gasteiger partial charge on any atom is 0.271 e. The molecular formula is C33H38N8O. The van der Waals surface area contributed by atoms with Crippen LogP contribution in [0.5, 0.6) is 0 Å². The summed E-state index contributed by atoms with van der Waals surface area (Å²) in [4.78, 5) is 29.6. The molecular weight excluding hydrogens is 524 g/mol. The van der Waals surface area contributed by atoms with E-state index >= 15 is 0 Å². The highest BCUT2D eigenvalue weighted by Gasteiger charge is 2.27. The minimum atomic E-state index is -0.645. The highest BCUT2D eigenvalue weighted by atomic mass is 16.1. The molecule has 0 bridgehead atoms. The molecule has 2 saturated heterocycles. The monoisotopic (exact) mass is 562 g/mol. The molecule has 216 valence electrons. The van der Waals surface area contributed by atoms with Gasteiger partial charge in [0.1, 0.15) is 5.69 Å². The van der Waals surface area contributed by atoms with E-state index in [0.717, 1.165) is 43.1 Å². The third-order valence-electron chi connectivity index (χ3n) is 8.23. The van der Waals surface area contributed by atoms with E-state index < -0.39 is 5.91 Å². The number of nitrogens with one attached hydrogen (secondary N) is 2. The van der Waals surface area contributed by atoms with Crippen molar-refractivity contribution in [1.82, 2.24) is 19.8 Å². The molecule has 2 aliphatic rings. The van der Waals surface area contributed by atoms with Crippen LogP contribution >= 0.6 is 0 Å². The van der Waals surface area contributed by atoms with Crippen LogP contribution in [0.4, 0.5) is 28.7 Å².